The zero-order valence-corrected chi connectivity index (χ0v) is 9.44. The van der Waals surface area contributed by atoms with Crippen LogP contribution in [0.2, 0.25) is 0 Å². The van der Waals surface area contributed by atoms with Crippen LogP contribution in [0.1, 0.15) is 10.4 Å². The maximum atomic E-state index is 12.8. The zero-order valence-electron chi connectivity index (χ0n) is 9.44. The maximum absolute atomic E-state index is 12.8. The molecule has 1 rings (SSSR count). The molecule has 1 atom stereocenters. The van der Waals surface area contributed by atoms with E-state index in [4.69, 9.17) is 15.6 Å². The Kier molecular flexibility index (Phi) is 4.86. The van der Waals surface area contributed by atoms with E-state index in [2.05, 4.69) is 5.32 Å². The first-order valence-electron chi connectivity index (χ1n) is 5.04. The number of nitrogens with two attached hydrogens (primary N) is 1. The molecule has 0 fully saturated rings. The predicted octanol–water partition coefficient (Wildman–Crippen LogP) is 0.145. The average molecular weight is 242 g/mol. The first-order chi connectivity index (χ1) is 8.08. The van der Waals surface area contributed by atoms with Crippen molar-refractivity contribution in [2.75, 3.05) is 26.1 Å². The third-order valence-electron chi connectivity index (χ3n) is 2.18. The van der Waals surface area contributed by atoms with Crippen molar-refractivity contribution in [3.05, 3.63) is 29.6 Å². The lowest BCUT2D eigenvalue weighted by atomic mass is 10.1. The van der Waals surface area contributed by atoms with Crippen LogP contribution < -0.4 is 11.1 Å². The molecular weight excluding hydrogens is 227 g/mol. The van der Waals surface area contributed by atoms with E-state index >= 15 is 0 Å². The Balaban J connectivity index is 2.75. The van der Waals surface area contributed by atoms with E-state index in [1.807, 2.05) is 0 Å². The van der Waals surface area contributed by atoms with E-state index in [1.54, 1.807) is 0 Å². The van der Waals surface area contributed by atoms with Crippen LogP contribution in [0.25, 0.3) is 0 Å². The molecule has 1 aromatic rings. The monoisotopic (exact) mass is 242 g/mol. The van der Waals surface area contributed by atoms with Gasteiger partial charge >= 0.3 is 0 Å². The molecule has 0 aliphatic rings. The summed E-state index contributed by atoms with van der Waals surface area (Å²) in [5, 5.41) is 11.5. The fourth-order valence-electron chi connectivity index (χ4n) is 1.34. The Morgan fingerprint density at radius 2 is 2.35 bits per heavy atom. The molecule has 0 radical (unpaired) electrons. The van der Waals surface area contributed by atoms with Gasteiger partial charge in [-0.15, -0.1) is 0 Å². The van der Waals surface area contributed by atoms with Crippen molar-refractivity contribution in [2.24, 2.45) is 0 Å². The quantitative estimate of drug-likeness (QED) is 0.641. The van der Waals surface area contributed by atoms with Gasteiger partial charge in [-0.2, -0.15) is 0 Å². The molecule has 1 unspecified atom stereocenters. The van der Waals surface area contributed by atoms with Gasteiger partial charge in [-0.25, -0.2) is 4.39 Å². The number of amides is 1. The summed E-state index contributed by atoms with van der Waals surface area (Å²) in [4.78, 5) is 11.7. The van der Waals surface area contributed by atoms with E-state index < -0.39 is 17.8 Å². The molecule has 0 saturated heterocycles. The van der Waals surface area contributed by atoms with Gasteiger partial charge in [-0.3, -0.25) is 4.79 Å². The number of carbonyl (C=O) groups is 1. The van der Waals surface area contributed by atoms with Gasteiger partial charge in [0, 0.05) is 12.8 Å². The van der Waals surface area contributed by atoms with Crippen molar-refractivity contribution in [2.45, 2.75) is 6.04 Å². The van der Waals surface area contributed by atoms with Crippen LogP contribution in [0, 0.1) is 5.82 Å². The Bertz CT molecular complexity index is 398. The highest BCUT2D eigenvalue weighted by Crippen LogP contribution is 2.13. The van der Waals surface area contributed by atoms with Crippen molar-refractivity contribution in [1.82, 2.24) is 5.32 Å². The molecule has 4 N–H and O–H groups in total. The van der Waals surface area contributed by atoms with Crippen LogP contribution in [0.15, 0.2) is 18.2 Å². The molecule has 0 heterocycles. The molecule has 0 spiro atoms. The van der Waals surface area contributed by atoms with Crippen LogP contribution in [-0.4, -0.2) is 37.4 Å². The summed E-state index contributed by atoms with van der Waals surface area (Å²) >= 11 is 0. The molecule has 5 nitrogen and oxygen atoms in total. The number of nitrogens with one attached hydrogen (secondary N) is 1. The molecule has 1 aromatic carbocycles. The van der Waals surface area contributed by atoms with Crippen LogP contribution in [0.3, 0.4) is 0 Å². The highest BCUT2D eigenvalue weighted by molar-refractivity contribution is 5.99. The molecule has 0 aromatic heterocycles. The highest BCUT2D eigenvalue weighted by atomic mass is 19.1. The summed E-state index contributed by atoms with van der Waals surface area (Å²) in [6.07, 6.45) is 0. The van der Waals surface area contributed by atoms with E-state index in [9.17, 15) is 9.18 Å². The minimum absolute atomic E-state index is 0.0524. The number of rotatable bonds is 5. The average Bonchev–Trinajstić information content (AvgIpc) is 2.28. The van der Waals surface area contributed by atoms with E-state index in [0.717, 1.165) is 12.1 Å². The second-order valence-electron chi connectivity index (χ2n) is 3.54. The number of nitrogen functional groups attached to an aromatic ring is 1. The van der Waals surface area contributed by atoms with Gasteiger partial charge in [0.05, 0.1) is 24.8 Å². The van der Waals surface area contributed by atoms with Gasteiger partial charge in [0.2, 0.25) is 0 Å². The Labute approximate surface area is 98.4 Å². The summed E-state index contributed by atoms with van der Waals surface area (Å²) in [6.45, 7) is -0.0655. The standard InChI is InChI=1S/C11H15FN2O3/c1-17-6-8(5-15)14-11(16)9-3-2-7(12)4-10(9)13/h2-4,8,15H,5-6,13H2,1H3,(H,14,16). The zero-order chi connectivity index (χ0) is 12.8. The number of carbonyl (C=O) groups excluding carboxylic acids is 1. The number of ether oxygens (including phenoxy) is 1. The van der Waals surface area contributed by atoms with Gasteiger partial charge in [0.25, 0.3) is 5.91 Å². The lowest BCUT2D eigenvalue weighted by molar-refractivity contribution is 0.0840. The van der Waals surface area contributed by atoms with Gasteiger partial charge in [-0.05, 0) is 18.2 Å². The Morgan fingerprint density at radius 1 is 1.65 bits per heavy atom. The van der Waals surface area contributed by atoms with Crippen LogP contribution in [0.5, 0.6) is 0 Å². The van der Waals surface area contributed by atoms with Gasteiger partial charge in [0.1, 0.15) is 5.82 Å². The normalized spacial score (nSPS) is 12.2. The molecule has 6 heteroatoms. The molecule has 0 aliphatic carbocycles. The molecule has 94 valence electrons. The van der Waals surface area contributed by atoms with Crippen LogP contribution in [-0.2, 0) is 4.74 Å². The van der Waals surface area contributed by atoms with Crippen molar-refractivity contribution in [1.29, 1.82) is 0 Å². The van der Waals surface area contributed by atoms with E-state index in [1.165, 1.54) is 13.2 Å². The number of anilines is 1. The van der Waals surface area contributed by atoms with Crippen LogP contribution >= 0.6 is 0 Å². The number of halogens is 1. The first kappa shape index (κ1) is 13.4. The summed E-state index contributed by atoms with van der Waals surface area (Å²) in [7, 11) is 1.46. The second kappa shape index (κ2) is 6.17. The number of hydrogen-bond donors (Lipinski definition) is 3. The van der Waals surface area contributed by atoms with E-state index in [-0.39, 0.29) is 24.5 Å². The van der Waals surface area contributed by atoms with Gasteiger partial charge in [0.15, 0.2) is 0 Å². The molecule has 17 heavy (non-hydrogen) atoms. The number of aliphatic hydroxyl groups excluding tert-OH is 1. The Hall–Kier alpha value is -1.66. The molecule has 1 amide bonds. The topological polar surface area (TPSA) is 84.6 Å². The predicted molar refractivity (Wildman–Crippen MR) is 61.0 cm³/mol. The van der Waals surface area contributed by atoms with Crippen LogP contribution in [0.4, 0.5) is 10.1 Å². The largest absolute Gasteiger partial charge is 0.398 e. The number of hydrogen-bond acceptors (Lipinski definition) is 4. The highest BCUT2D eigenvalue weighted by Gasteiger charge is 2.15. The molecule has 0 aliphatic heterocycles. The van der Waals surface area contributed by atoms with Crippen molar-refractivity contribution >= 4 is 11.6 Å². The fraction of sp³-hybridized carbons (Fsp3) is 0.364. The van der Waals surface area contributed by atoms with E-state index in [0.29, 0.717) is 0 Å². The SMILES string of the molecule is COCC(CO)NC(=O)c1ccc(F)cc1N. The summed E-state index contributed by atoms with van der Waals surface area (Å²) in [5.41, 5.74) is 5.74. The van der Waals surface area contributed by atoms with Crippen molar-refractivity contribution < 1.29 is 19.0 Å². The lowest BCUT2D eigenvalue weighted by Gasteiger charge is -2.15. The minimum atomic E-state index is -0.517. The smallest absolute Gasteiger partial charge is 0.253 e. The summed E-state index contributed by atoms with van der Waals surface area (Å²) in [5.74, 6) is -0.978. The third-order valence-corrected chi connectivity index (χ3v) is 2.18. The number of benzene rings is 1. The third kappa shape index (κ3) is 3.69. The maximum Gasteiger partial charge on any atom is 0.253 e. The fourth-order valence-corrected chi connectivity index (χ4v) is 1.34. The second-order valence-corrected chi connectivity index (χ2v) is 3.54. The lowest BCUT2D eigenvalue weighted by Crippen LogP contribution is -2.40. The number of methoxy groups -OCH3 is 1. The number of aliphatic hydroxyl groups is 1. The summed E-state index contributed by atoms with van der Waals surface area (Å²) in [6, 6.07) is 2.99. The van der Waals surface area contributed by atoms with Gasteiger partial charge in [-0.1, -0.05) is 0 Å². The molecule has 0 saturated carbocycles. The minimum Gasteiger partial charge on any atom is -0.398 e. The van der Waals surface area contributed by atoms with Crippen molar-refractivity contribution in [3.8, 4) is 0 Å². The van der Waals surface area contributed by atoms with Crippen molar-refractivity contribution in [3.63, 3.8) is 0 Å². The summed E-state index contributed by atoms with van der Waals surface area (Å²) < 4.78 is 17.6. The molecule has 0 bridgehead atoms. The van der Waals surface area contributed by atoms with Gasteiger partial charge < -0.3 is 20.9 Å². The molecular formula is C11H15FN2O3. The Morgan fingerprint density at radius 3 is 2.88 bits per heavy atom. The first-order valence-corrected chi connectivity index (χ1v) is 5.04.